The van der Waals surface area contributed by atoms with E-state index in [1.165, 1.54) is 6.33 Å². The molecule has 1 rings (SSSR count). The lowest BCUT2D eigenvalue weighted by Crippen LogP contribution is -2.13. The second-order valence-corrected chi connectivity index (χ2v) is 3.32. The normalized spacial score (nSPS) is 11.6. The lowest BCUT2D eigenvalue weighted by molar-refractivity contribution is 0.264. The summed E-state index contributed by atoms with van der Waals surface area (Å²) in [4.78, 5) is 8.29. The highest BCUT2D eigenvalue weighted by molar-refractivity contribution is 5.48. The number of anilines is 1. The lowest BCUT2D eigenvalue weighted by atomic mass is 10.2. The van der Waals surface area contributed by atoms with Crippen molar-refractivity contribution in [2.24, 2.45) is 0 Å². The lowest BCUT2D eigenvalue weighted by Gasteiger charge is -2.14. The fourth-order valence-electron chi connectivity index (χ4n) is 1.34. The van der Waals surface area contributed by atoms with Gasteiger partial charge in [0.05, 0.1) is 5.56 Å². The molecule has 0 amide bonds. The molecular formula is C12H17N3O. The minimum atomic E-state index is -0.283. The molecule has 1 heterocycles. The average Bonchev–Trinajstić information content (AvgIpc) is 2.29. The summed E-state index contributed by atoms with van der Waals surface area (Å²) in [6.45, 7) is 6.68. The molecule has 1 aromatic rings. The molecule has 0 fully saturated rings. The van der Waals surface area contributed by atoms with Crippen LogP contribution in [0, 0.1) is 12.3 Å². The first kappa shape index (κ1) is 12.3. The molecular weight excluding hydrogens is 202 g/mol. The van der Waals surface area contributed by atoms with E-state index >= 15 is 0 Å². The maximum atomic E-state index is 5.55. The zero-order valence-electron chi connectivity index (χ0n) is 9.95. The van der Waals surface area contributed by atoms with E-state index in [0.717, 1.165) is 24.3 Å². The number of nitrogens with zero attached hydrogens (tertiary/aromatic N) is 2. The van der Waals surface area contributed by atoms with Crippen LogP contribution < -0.4 is 10.1 Å². The molecule has 0 bridgehead atoms. The first-order valence-corrected chi connectivity index (χ1v) is 5.43. The van der Waals surface area contributed by atoms with Crippen molar-refractivity contribution in [2.75, 3.05) is 11.9 Å². The molecule has 0 spiro atoms. The van der Waals surface area contributed by atoms with Crippen molar-refractivity contribution in [2.45, 2.75) is 33.3 Å². The molecule has 0 radical (unpaired) electrons. The summed E-state index contributed by atoms with van der Waals surface area (Å²) in [5.74, 6) is 3.90. The Morgan fingerprint density at radius 3 is 2.81 bits per heavy atom. The van der Waals surface area contributed by atoms with Crippen LogP contribution in [0.3, 0.4) is 0 Å². The van der Waals surface area contributed by atoms with E-state index in [-0.39, 0.29) is 6.10 Å². The van der Waals surface area contributed by atoms with E-state index in [0.29, 0.717) is 5.88 Å². The number of nitrogens with one attached hydrogen (secondary N) is 1. The van der Waals surface area contributed by atoms with Gasteiger partial charge in [0.25, 0.3) is 0 Å². The SMILES string of the molecule is C#CC(C)Oc1ncnc(NCC)c1CC. The van der Waals surface area contributed by atoms with Gasteiger partial charge in [-0.05, 0) is 20.3 Å². The molecule has 0 saturated heterocycles. The van der Waals surface area contributed by atoms with Gasteiger partial charge in [-0.1, -0.05) is 12.8 Å². The van der Waals surface area contributed by atoms with Crippen LogP contribution in [0.25, 0.3) is 0 Å². The summed E-state index contributed by atoms with van der Waals surface area (Å²) >= 11 is 0. The fraction of sp³-hybridized carbons (Fsp3) is 0.500. The summed E-state index contributed by atoms with van der Waals surface area (Å²) < 4.78 is 5.55. The maximum Gasteiger partial charge on any atom is 0.223 e. The molecule has 4 heteroatoms. The molecule has 0 aromatic carbocycles. The van der Waals surface area contributed by atoms with Crippen LogP contribution >= 0.6 is 0 Å². The smallest absolute Gasteiger partial charge is 0.223 e. The first-order chi connectivity index (χ1) is 7.72. The van der Waals surface area contributed by atoms with Crippen LogP contribution in [0.5, 0.6) is 5.88 Å². The Bertz CT molecular complexity index is 384. The Kier molecular flexibility index (Phi) is 4.59. The molecule has 0 saturated carbocycles. The minimum Gasteiger partial charge on any atom is -0.461 e. The molecule has 1 unspecified atom stereocenters. The van der Waals surface area contributed by atoms with Crippen molar-refractivity contribution in [1.29, 1.82) is 0 Å². The number of hydrogen-bond donors (Lipinski definition) is 1. The minimum absolute atomic E-state index is 0.283. The fourth-order valence-corrected chi connectivity index (χ4v) is 1.34. The van der Waals surface area contributed by atoms with Gasteiger partial charge in [-0.25, -0.2) is 9.97 Å². The van der Waals surface area contributed by atoms with Gasteiger partial charge < -0.3 is 10.1 Å². The van der Waals surface area contributed by atoms with Crippen LogP contribution in [0.2, 0.25) is 0 Å². The quantitative estimate of drug-likeness (QED) is 0.768. The Morgan fingerprint density at radius 2 is 2.25 bits per heavy atom. The van der Waals surface area contributed by atoms with E-state index in [9.17, 15) is 0 Å². The highest BCUT2D eigenvalue weighted by Gasteiger charge is 2.11. The Balaban J connectivity index is 2.99. The second kappa shape index (κ2) is 5.96. The first-order valence-electron chi connectivity index (χ1n) is 5.43. The van der Waals surface area contributed by atoms with E-state index in [1.54, 1.807) is 0 Å². The summed E-state index contributed by atoms with van der Waals surface area (Å²) in [5.41, 5.74) is 0.964. The standard InChI is InChI=1S/C12H17N3O/c1-5-9(4)16-12-10(6-2)11(13-7-3)14-8-15-12/h1,8-9H,6-7H2,2-4H3,(H,13,14,15). The van der Waals surface area contributed by atoms with Gasteiger partial charge in [0, 0.05) is 6.54 Å². The van der Waals surface area contributed by atoms with Gasteiger partial charge in [0.2, 0.25) is 5.88 Å². The second-order valence-electron chi connectivity index (χ2n) is 3.32. The van der Waals surface area contributed by atoms with Gasteiger partial charge in [0.1, 0.15) is 12.1 Å². The summed E-state index contributed by atoms with van der Waals surface area (Å²) in [6.07, 6.45) is 7.27. The average molecular weight is 219 g/mol. The van der Waals surface area contributed by atoms with Crippen LogP contribution in [-0.2, 0) is 6.42 Å². The summed E-state index contributed by atoms with van der Waals surface area (Å²) in [5, 5.41) is 3.18. The van der Waals surface area contributed by atoms with Gasteiger partial charge in [0.15, 0.2) is 6.10 Å². The number of terminal acetylenes is 1. The molecule has 16 heavy (non-hydrogen) atoms. The van der Waals surface area contributed by atoms with Crippen molar-refractivity contribution < 1.29 is 4.74 Å². The van der Waals surface area contributed by atoms with E-state index in [2.05, 4.69) is 21.2 Å². The van der Waals surface area contributed by atoms with Gasteiger partial charge in [-0.2, -0.15) is 0 Å². The maximum absolute atomic E-state index is 5.55. The molecule has 0 aliphatic heterocycles. The molecule has 0 aliphatic carbocycles. The molecule has 1 aromatic heterocycles. The predicted molar refractivity (Wildman–Crippen MR) is 64.5 cm³/mol. The monoisotopic (exact) mass is 219 g/mol. The summed E-state index contributed by atoms with van der Waals surface area (Å²) in [6, 6.07) is 0. The van der Waals surface area contributed by atoms with Gasteiger partial charge in [-0.3, -0.25) is 0 Å². The van der Waals surface area contributed by atoms with Crippen LogP contribution in [0.15, 0.2) is 6.33 Å². The summed E-state index contributed by atoms with van der Waals surface area (Å²) in [7, 11) is 0. The third-order valence-corrected chi connectivity index (χ3v) is 2.13. The van der Waals surface area contributed by atoms with Crippen molar-refractivity contribution in [3.05, 3.63) is 11.9 Å². The molecule has 4 nitrogen and oxygen atoms in total. The predicted octanol–water partition coefficient (Wildman–Crippen LogP) is 1.87. The third-order valence-electron chi connectivity index (χ3n) is 2.13. The van der Waals surface area contributed by atoms with Crippen LogP contribution in [0.1, 0.15) is 26.3 Å². The molecule has 1 N–H and O–H groups in total. The number of hydrogen-bond acceptors (Lipinski definition) is 4. The molecule has 0 aliphatic rings. The molecule has 1 atom stereocenters. The number of rotatable bonds is 5. The zero-order chi connectivity index (χ0) is 12.0. The highest BCUT2D eigenvalue weighted by Crippen LogP contribution is 2.23. The topological polar surface area (TPSA) is 47.0 Å². The highest BCUT2D eigenvalue weighted by atomic mass is 16.5. The number of aromatic nitrogens is 2. The molecule has 86 valence electrons. The van der Waals surface area contributed by atoms with Crippen molar-refractivity contribution in [1.82, 2.24) is 9.97 Å². The zero-order valence-corrected chi connectivity index (χ0v) is 9.95. The van der Waals surface area contributed by atoms with Gasteiger partial charge >= 0.3 is 0 Å². The van der Waals surface area contributed by atoms with E-state index < -0.39 is 0 Å². The third kappa shape index (κ3) is 2.86. The Hall–Kier alpha value is -1.76. The van der Waals surface area contributed by atoms with Crippen molar-refractivity contribution in [3.8, 4) is 18.2 Å². The van der Waals surface area contributed by atoms with Crippen LogP contribution in [0.4, 0.5) is 5.82 Å². The van der Waals surface area contributed by atoms with Crippen LogP contribution in [-0.4, -0.2) is 22.6 Å². The van der Waals surface area contributed by atoms with E-state index in [4.69, 9.17) is 11.2 Å². The number of ether oxygens (including phenoxy) is 1. The largest absolute Gasteiger partial charge is 0.461 e. The van der Waals surface area contributed by atoms with Gasteiger partial charge in [-0.15, -0.1) is 6.42 Å². The Morgan fingerprint density at radius 1 is 1.50 bits per heavy atom. The van der Waals surface area contributed by atoms with Crippen molar-refractivity contribution >= 4 is 5.82 Å². The van der Waals surface area contributed by atoms with Crippen molar-refractivity contribution in [3.63, 3.8) is 0 Å². The van der Waals surface area contributed by atoms with E-state index in [1.807, 2.05) is 20.8 Å². The Labute approximate surface area is 96.5 Å².